The molecule has 7 heteroatoms. The zero-order valence-corrected chi connectivity index (χ0v) is 13.6. The molecule has 0 atom stereocenters. The lowest BCUT2D eigenvalue weighted by Gasteiger charge is -2.09. The minimum atomic E-state index is -3.91. The molecule has 0 aliphatic carbocycles. The summed E-state index contributed by atoms with van der Waals surface area (Å²) in [6.07, 6.45) is 0. The molecule has 0 bridgehead atoms. The summed E-state index contributed by atoms with van der Waals surface area (Å²) in [5.74, 6) is 0. The van der Waals surface area contributed by atoms with Crippen LogP contribution in [0.3, 0.4) is 0 Å². The number of hydrogen-bond acceptors (Lipinski definition) is 4. The highest BCUT2D eigenvalue weighted by Crippen LogP contribution is 2.25. The molecule has 0 amide bonds. The van der Waals surface area contributed by atoms with Crippen molar-refractivity contribution in [2.45, 2.75) is 11.8 Å². The Labute approximate surface area is 138 Å². The second-order valence-corrected chi connectivity index (χ2v) is 7.06. The summed E-state index contributed by atoms with van der Waals surface area (Å²) in [7, 11) is -3.91. The van der Waals surface area contributed by atoms with Gasteiger partial charge in [-0.2, -0.15) is 0 Å². The highest BCUT2D eigenvalue weighted by atomic mass is 32.2. The van der Waals surface area contributed by atoms with E-state index in [2.05, 4.69) is 4.72 Å². The van der Waals surface area contributed by atoms with E-state index in [4.69, 9.17) is 0 Å². The number of nitro groups is 1. The van der Waals surface area contributed by atoms with Gasteiger partial charge in [0.1, 0.15) is 0 Å². The number of benzene rings is 3. The van der Waals surface area contributed by atoms with Crippen LogP contribution in [0.15, 0.2) is 65.6 Å². The molecule has 3 rings (SSSR count). The van der Waals surface area contributed by atoms with E-state index in [0.29, 0.717) is 11.3 Å². The molecule has 0 saturated heterocycles. The fourth-order valence-corrected chi connectivity index (χ4v) is 3.49. The summed E-state index contributed by atoms with van der Waals surface area (Å²) in [6, 6.07) is 16.6. The van der Waals surface area contributed by atoms with Gasteiger partial charge in [0.2, 0.25) is 0 Å². The van der Waals surface area contributed by atoms with Gasteiger partial charge < -0.3 is 0 Å². The van der Waals surface area contributed by atoms with Gasteiger partial charge >= 0.3 is 0 Å². The molecule has 3 aromatic rings. The monoisotopic (exact) mass is 342 g/mol. The van der Waals surface area contributed by atoms with Crippen molar-refractivity contribution in [2.75, 3.05) is 4.72 Å². The van der Waals surface area contributed by atoms with Crippen molar-refractivity contribution in [1.29, 1.82) is 0 Å². The first kappa shape index (κ1) is 15.9. The van der Waals surface area contributed by atoms with Gasteiger partial charge in [-0.1, -0.05) is 36.4 Å². The van der Waals surface area contributed by atoms with Gasteiger partial charge in [0.25, 0.3) is 15.7 Å². The number of sulfonamides is 1. The van der Waals surface area contributed by atoms with E-state index in [-0.39, 0.29) is 10.6 Å². The number of hydrogen-bond donors (Lipinski definition) is 1. The Hall–Kier alpha value is -2.93. The third kappa shape index (κ3) is 3.07. The minimum Gasteiger partial charge on any atom is -0.280 e. The molecule has 0 radical (unpaired) electrons. The highest BCUT2D eigenvalue weighted by molar-refractivity contribution is 7.92. The van der Waals surface area contributed by atoms with Gasteiger partial charge in [-0.15, -0.1) is 0 Å². The third-order valence-electron chi connectivity index (χ3n) is 3.69. The molecule has 6 nitrogen and oxygen atoms in total. The maximum Gasteiger partial charge on any atom is 0.273 e. The van der Waals surface area contributed by atoms with Crippen LogP contribution in [-0.4, -0.2) is 13.3 Å². The molecule has 0 spiro atoms. The topological polar surface area (TPSA) is 89.3 Å². The average Bonchev–Trinajstić information content (AvgIpc) is 2.54. The predicted molar refractivity (Wildman–Crippen MR) is 92.6 cm³/mol. The molecule has 0 saturated carbocycles. The SMILES string of the molecule is Cc1ccc(S(=O)(=O)Nc2ccc3ccccc3c2)cc1[N+](=O)[O-]. The molecule has 24 heavy (non-hydrogen) atoms. The summed E-state index contributed by atoms with van der Waals surface area (Å²) < 4.78 is 27.4. The zero-order valence-electron chi connectivity index (χ0n) is 12.8. The number of anilines is 1. The Balaban J connectivity index is 1.98. The van der Waals surface area contributed by atoms with Gasteiger partial charge in [-0.25, -0.2) is 8.42 Å². The summed E-state index contributed by atoms with van der Waals surface area (Å²) in [6.45, 7) is 1.56. The van der Waals surface area contributed by atoms with Crippen LogP contribution in [0.2, 0.25) is 0 Å². The normalized spacial score (nSPS) is 11.4. The van der Waals surface area contributed by atoms with Gasteiger partial charge in [-0.05, 0) is 35.9 Å². The summed E-state index contributed by atoms with van der Waals surface area (Å²) in [4.78, 5) is 10.3. The summed E-state index contributed by atoms with van der Waals surface area (Å²) in [5.41, 5.74) is 0.581. The van der Waals surface area contributed by atoms with Gasteiger partial charge in [0.15, 0.2) is 0 Å². The van der Waals surface area contributed by atoms with E-state index in [1.54, 1.807) is 19.1 Å². The Morgan fingerprint density at radius 1 is 0.958 bits per heavy atom. The van der Waals surface area contributed by atoms with Crippen molar-refractivity contribution >= 4 is 32.2 Å². The maximum atomic E-state index is 12.5. The van der Waals surface area contributed by atoms with Gasteiger partial charge in [0.05, 0.1) is 9.82 Å². The number of fused-ring (bicyclic) bond motifs is 1. The Kier molecular flexibility index (Phi) is 3.94. The van der Waals surface area contributed by atoms with Crippen LogP contribution in [-0.2, 0) is 10.0 Å². The van der Waals surface area contributed by atoms with E-state index >= 15 is 0 Å². The number of aryl methyl sites for hydroxylation is 1. The molecule has 0 aliphatic heterocycles. The molecular weight excluding hydrogens is 328 g/mol. The number of rotatable bonds is 4. The number of nitro benzene ring substituents is 1. The first-order valence-corrected chi connectivity index (χ1v) is 8.62. The fourth-order valence-electron chi connectivity index (χ4n) is 2.42. The van der Waals surface area contributed by atoms with E-state index in [9.17, 15) is 18.5 Å². The van der Waals surface area contributed by atoms with Crippen LogP contribution in [0.5, 0.6) is 0 Å². The first-order chi connectivity index (χ1) is 11.4. The van der Waals surface area contributed by atoms with E-state index in [0.717, 1.165) is 16.8 Å². The lowest BCUT2D eigenvalue weighted by Crippen LogP contribution is -2.13. The molecule has 0 aliphatic rings. The second-order valence-electron chi connectivity index (χ2n) is 5.37. The lowest BCUT2D eigenvalue weighted by molar-refractivity contribution is -0.385. The third-order valence-corrected chi connectivity index (χ3v) is 5.07. The molecule has 3 aromatic carbocycles. The van der Waals surface area contributed by atoms with Crippen LogP contribution in [0.1, 0.15) is 5.56 Å². The van der Waals surface area contributed by atoms with E-state index in [1.807, 2.05) is 30.3 Å². The van der Waals surface area contributed by atoms with Crippen molar-refractivity contribution in [3.8, 4) is 0 Å². The Bertz CT molecular complexity index is 1050. The largest absolute Gasteiger partial charge is 0.280 e. The summed E-state index contributed by atoms with van der Waals surface area (Å²) >= 11 is 0. The lowest BCUT2D eigenvalue weighted by atomic mass is 10.1. The highest BCUT2D eigenvalue weighted by Gasteiger charge is 2.20. The fraction of sp³-hybridized carbons (Fsp3) is 0.0588. The van der Waals surface area contributed by atoms with Gasteiger partial charge in [0, 0.05) is 17.3 Å². The molecule has 0 heterocycles. The first-order valence-electron chi connectivity index (χ1n) is 7.13. The molecular formula is C17H14N2O4S. The van der Waals surface area contributed by atoms with Gasteiger partial charge in [-0.3, -0.25) is 14.8 Å². The maximum absolute atomic E-state index is 12.5. The van der Waals surface area contributed by atoms with Crippen LogP contribution >= 0.6 is 0 Å². The number of nitrogens with one attached hydrogen (secondary N) is 1. The van der Waals surface area contributed by atoms with Crippen molar-refractivity contribution in [3.05, 3.63) is 76.3 Å². The zero-order chi connectivity index (χ0) is 17.3. The van der Waals surface area contributed by atoms with E-state index < -0.39 is 14.9 Å². The second kappa shape index (κ2) is 5.93. The average molecular weight is 342 g/mol. The number of nitrogens with zero attached hydrogens (tertiary/aromatic N) is 1. The Morgan fingerprint density at radius 2 is 1.67 bits per heavy atom. The van der Waals surface area contributed by atoms with Crippen molar-refractivity contribution < 1.29 is 13.3 Å². The molecule has 0 fully saturated rings. The van der Waals surface area contributed by atoms with Crippen molar-refractivity contribution in [3.63, 3.8) is 0 Å². The molecule has 1 N–H and O–H groups in total. The predicted octanol–water partition coefficient (Wildman–Crippen LogP) is 3.86. The van der Waals surface area contributed by atoms with E-state index in [1.165, 1.54) is 12.1 Å². The molecule has 0 unspecified atom stereocenters. The van der Waals surface area contributed by atoms with Crippen LogP contribution in [0, 0.1) is 17.0 Å². The summed E-state index contributed by atoms with van der Waals surface area (Å²) in [5, 5.41) is 12.9. The van der Waals surface area contributed by atoms with Crippen LogP contribution in [0.4, 0.5) is 11.4 Å². The van der Waals surface area contributed by atoms with Crippen molar-refractivity contribution in [1.82, 2.24) is 0 Å². The standard InChI is InChI=1S/C17H14N2O4S/c1-12-6-9-16(11-17(12)19(20)21)24(22,23)18-15-8-7-13-4-2-3-5-14(13)10-15/h2-11,18H,1H3. The van der Waals surface area contributed by atoms with Crippen LogP contribution in [0.25, 0.3) is 10.8 Å². The molecule has 122 valence electrons. The quantitative estimate of drug-likeness (QED) is 0.576. The minimum absolute atomic E-state index is 0.145. The molecule has 0 aromatic heterocycles. The van der Waals surface area contributed by atoms with Crippen LogP contribution < -0.4 is 4.72 Å². The smallest absolute Gasteiger partial charge is 0.273 e. The van der Waals surface area contributed by atoms with Crippen molar-refractivity contribution in [2.24, 2.45) is 0 Å². The Morgan fingerprint density at radius 3 is 2.38 bits per heavy atom.